The molecule has 0 aliphatic heterocycles. The van der Waals surface area contributed by atoms with Crippen molar-refractivity contribution in [3.63, 3.8) is 0 Å². The molecule has 0 unspecified atom stereocenters. The van der Waals surface area contributed by atoms with E-state index in [0.717, 1.165) is 55.1 Å². The lowest BCUT2D eigenvalue weighted by Gasteiger charge is -2.58. The van der Waals surface area contributed by atoms with Gasteiger partial charge in [-0.2, -0.15) is 0 Å². The molecule has 3 saturated carbocycles. The molecule has 4 aliphatic carbocycles. The van der Waals surface area contributed by atoms with Gasteiger partial charge in [-0.25, -0.2) is 0 Å². The minimum Gasteiger partial charge on any atom is -0.378 e. The summed E-state index contributed by atoms with van der Waals surface area (Å²) in [6, 6.07) is 0. The summed E-state index contributed by atoms with van der Waals surface area (Å²) in [4.78, 5) is 0. The summed E-state index contributed by atoms with van der Waals surface area (Å²) >= 11 is 0. The molecule has 0 radical (unpaired) electrons. The van der Waals surface area contributed by atoms with Gasteiger partial charge in [0.25, 0.3) is 0 Å². The molecule has 0 spiro atoms. The standard InChI is InChI=1S/C30H53NO/c1-21(2)8-6-9-22(3)26-12-13-27-25-11-10-23-20-24(32-19-7-18-31)14-16-29(23,4)28(25)15-17-30(26,27)5/h10,21-22,24-28H,6-9,11-20,31H2,1-5H3/t22-,24+,25+,26-,27+,28+,29+,30-/m1/s1. The van der Waals surface area contributed by atoms with Crippen molar-refractivity contribution in [3.05, 3.63) is 11.6 Å². The van der Waals surface area contributed by atoms with Crippen molar-refractivity contribution in [2.24, 2.45) is 52.1 Å². The van der Waals surface area contributed by atoms with E-state index in [1.807, 2.05) is 0 Å². The minimum absolute atomic E-state index is 0.439. The van der Waals surface area contributed by atoms with Crippen LogP contribution in [0.5, 0.6) is 0 Å². The molecule has 0 aromatic heterocycles. The van der Waals surface area contributed by atoms with Crippen LogP contribution in [-0.4, -0.2) is 19.3 Å². The van der Waals surface area contributed by atoms with Gasteiger partial charge in [-0.05, 0) is 111 Å². The lowest BCUT2D eigenvalue weighted by molar-refractivity contribution is -0.0639. The SMILES string of the molecule is CC(C)CCC[C@@H](C)[C@H]1CC[C@H]2[C@@H]3CC=C4C[C@@H](OCCCN)CC[C@]4(C)[C@H]3CC[C@]12C. The van der Waals surface area contributed by atoms with E-state index in [-0.39, 0.29) is 0 Å². The Balaban J connectivity index is 1.42. The van der Waals surface area contributed by atoms with E-state index in [0.29, 0.717) is 16.9 Å². The summed E-state index contributed by atoms with van der Waals surface area (Å²) in [7, 11) is 0. The Kier molecular flexibility index (Phi) is 7.82. The van der Waals surface area contributed by atoms with E-state index >= 15 is 0 Å². The summed E-state index contributed by atoms with van der Waals surface area (Å²) in [5, 5.41) is 0. The van der Waals surface area contributed by atoms with Crippen LogP contribution in [0.2, 0.25) is 0 Å². The fraction of sp³-hybridized carbons (Fsp3) is 0.933. The Morgan fingerprint density at radius 2 is 1.81 bits per heavy atom. The van der Waals surface area contributed by atoms with Crippen molar-refractivity contribution >= 4 is 0 Å². The average molecular weight is 444 g/mol. The van der Waals surface area contributed by atoms with Gasteiger partial charge in [0.1, 0.15) is 0 Å². The van der Waals surface area contributed by atoms with E-state index in [1.165, 1.54) is 70.6 Å². The van der Waals surface area contributed by atoms with Crippen LogP contribution in [0, 0.1) is 46.3 Å². The van der Waals surface area contributed by atoms with Gasteiger partial charge in [0.2, 0.25) is 0 Å². The van der Waals surface area contributed by atoms with Crippen molar-refractivity contribution in [1.82, 2.24) is 0 Å². The molecular formula is C30H53NO. The maximum absolute atomic E-state index is 6.21. The van der Waals surface area contributed by atoms with E-state index in [2.05, 4.69) is 40.7 Å². The number of ether oxygens (including phenoxy) is 1. The van der Waals surface area contributed by atoms with Gasteiger partial charge in [0.05, 0.1) is 6.10 Å². The number of allylic oxidation sites excluding steroid dienone is 1. The molecule has 184 valence electrons. The molecule has 2 nitrogen and oxygen atoms in total. The van der Waals surface area contributed by atoms with Gasteiger partial charge in [0, 0.05) is 6.61 Å². The minimum atomic E-state index is 0.439. The Bertz CT molecular complexity index is 655. The normalized spacial score (nSPS) is 42.2. The van der Waals surface area contributed by atoms with Crippen LogP contribution in [0.4, 0.5) is 0 Å². The zero-order chi connectivity index (χ0) is 22.9. The molecule has 32 heavy (non-hydrogen) atoms. The predicted molar refractivity (Wildman–Crippen MR) is 136 cm³/mol. The molecule has 0 amide bonds. The van der Waals surface area contributed by atoms with Crippen LogP contribution in [0.25, 0.3) is 0 Å². The fourth-order valence-electron chi connectivity index (χ4n) is 9.13. The topological polar surface area (TPSA) is 35.2 Å². The van der Waals surface area contributed by atoms with Crippen LogP contribution >= 0.6 is 0 Å². The van der Waals surface area contributed by atoms with Crippen molar-refractivity contribution in [1.29, 1.82) is 0 Å². The number of hydrogen-bond donors (Lipinski definition) is 1. The highest BCUT2D eigenvalue weighted by Gasteiger charge is 2.59. The molecule has 2 heteroatoms. The monoisotopic (exact) mass is 443 g/mol. The van der Waals surface area contributed by atoms with E-state index < -0.39 is 0 Å². The molecule has 2 N–H and O–H groups in total. The smallest absolute Gasteiger partial charge is 0.0612 e. The summed E-state index contributed by atoms with van der Waals surface area (Å²) in [5.41, 5.74) is 8.47. The largest absolute Gasteiger partial charge is 0.378 e. The summed E-state index contributed by atoms with van der Waals surface area (Å²) < 4.78 is 6.21. The van der Waals surface area contributed by atoms with Gasteiger partial charge < -0.3 is 10.5 Å². The van der Waals surface area contributed by atoms with Crippen molar-refractivity contribution < 1.29 is 4.74 Å². The summed E-state index contributed by atoms with van der Waals surface area (Å²) in [6.07, 6.45) is 19.5. The quantitative estimate of drug-likeness (QED) is 0.292. The van der Waals surface area contributed by atoms with E-state index in [4.69, 9.17) is 10.5 Å². The molecule has 8 atom stereocenters. The third-order valence-corrected chi connectivity index (χ3v) is 11.0. The summed E-state index contributed by atoms with van der Waals surface area (Å²) in [5.74, 6) is 5.55. The first-order valence-electron chi connectivity index (χ1n) is 14.3. The zero-order valence-corrected chi connectivity index (χ0v) is 22.0. The van der Waals surface area contributed by atoms with Crippen LogP contribution < -0.4 is 5.73 Å². The van der Waals surface area contributed by atoms with Crippen molar-refractivity contribution in [2.75, 3.05) is 13.2 Å². The van der Waals surface area contributed by atoms with Gasteiger partial charge in [-0.15, -0.1) is 0 Å². The van der Waals surface area contributed by atoms with Crippen LogP contribution in [0.1, 0.15) is 112 Å². The molecular weight excluding hydrogens is 390 g/mol. The first-order valence-corrected chi connectivity index (χ1v) is 14.3. The Morgan fingerprint density at radius 1 is 1.00 bits per heavy atom. The predicted octanol–water partition coefficient (Wildman–Crippen LogP) is 7.76. The Labute approximate surface area is 199 Å². The van der Waals surface area contributed by atoms with Crippen molar-refractivity contribution in [2.45, 2.75) is 118 Å². The van der Waals surface area contributed by atoms with E-state index in [9.17, 15) is 0 Å². The van der Waals surface area contributed by atoms with Gasteiger partial charge >= 0.3 is 0 Å². The number of hydrogen-bond acceptors (Lipinski definition) is 2. The highest BCUT2D eigenvalue weighted by Crippen LogP contribution is 2.67. The second-order valence-electron chi connectivity index (χ2n) is 13.2. The first kappa shape index (κ1) is 24.8. The van der Waals surface area contributed by atoms with Gasteiger partial charge in [-0.3, -0.25) is 0 Å². The van der Waals surface area contributed by atoms with Gasteiger partial charge in [-0.1, -0.05) is 65.5 Å². The lowest BCUT2D eigenvalue weighted by atomic mass is 9.47. The second kappa shape index (κ2) is 10.1. The van der Waals surface area contributed by atoms with Crippen LogP contribution in [-0.2, 0) is 4.74 Å². The highest BCUT2D eigenvalue weighted by molar-refractivity contribution is 5.25. The average Bonchev–Trinajstić information content (AvgIpc) is 3.11. The second-order valence-corrected chi connectivity index (χ2v) is 13.2. The highest BCUT2D eigenvalue weighted by atomic mass is 16.5. The number of fused-ring (bicyclic) bond motifs is 5. The number of nitrogens with two attached hydrogens (primary N) is 1. The van der Waals surface area contributed by atoms with Crippen LogP contribution in [0.15, 0.2) is 11.6 Å². The Morgan fingerprint density at radius 3 is 2.56 bits per heavy atom. The van der Waals surface area contributed by atoms with Gasteiger partial charge in [0.15, 0.2) is 0 Å². The molecule has 0 saturated heterocycles. The third kappa shape index (κ3) is 4.61. The molecule has 0 heterocycles. The zero-order valence-electron chi connectivity index (χ0n) is 22.0. The number of rotatable bonds is 9. The summed E-state index contributed by atoms with van der Waals surface area (Å²) in [6.45, 7) is 14.3. The van der Waals surface area contributed by atoms with Crippen LogP contribution in [0.3, 0.4) is 0 Å². The molecule has 0 bridgehead atoms. The lowest BCUT2D eigenvalue weighted by Crippen LogP contribution is -2.51. The maximum Gasteiger partial charge on any atom is 0.0612 e. The van der Waals surface area contributed by atoms with Crippen molar-refractivity contribution in [3.8, 4) is 0 Å². The third-order valence-electron chi connectivity index (χ3n) is 11.0. The molecule has 4 rings (SSSR count). The fourth-order valence-corrected chi connectivity index (χ4v) is 9.13. The Hall–Kier alpha value is -0.340. The van der Waals surface area contributed by atoms with E-state index in [1.54, 1.807) is 5.57 Å². The molecule has 4 aliphatic rings. The first-order chi connectivity index (χ1) is 15.3. The maximum atomic E-state index is 6.21. The molecule has 3 fully saturated rings. The molecule has 0 aromatic rings. The molecule has 0 aromatic carbocycles.